The first-order valence-electron chi connectivity index (χ1n) is 7.92. The highest BCUT2D eigenvalue weighted by molar-refractivity contribution is 5.95. The number of nitrogens with zero attached hydrogens (tertiary/aromatic N) is 1. The van der Waals surface area contributed by atoms with E-state index < -0.39 is 0 Å². The summed E-state index contributed by atoms with van der Waals surface area (Å²) in [5.74, 6) is -0.508. The standard InChI is InChI=1S/C17H23FN2O/c1-13-6-5-7-14(15(13)18)16(21)20-11-10-19-12-17(20)8-3-2-4-9-17/h5-7,19H,2-4,8-12H2,1H3. The predicted molar refractivity (Wildman–Crippen MR) is 80.9 cm³/mol. The average Bonchev–Trinajstić information content (AvgIpc) is 2.51. The van der Waals surface area contributed by atoms with Crippen LogP contribution < -0.4 is 5.32 Å². The van der Waals surface area contributed by atoms with E-state index in [-0.39, 0.29) is 22.8 Å². The molecule has 1 saturated carbocycles. The Morgan fingerprint density at radius 3 is 2.81 bits per heavy atom. The monoisotopic (exact) mass is 290 g/mol. The minimum Gasteiger partial charge on any atom is -0.330 e. The second-order valence-corrected chi connectivity index (χ2v) is 6.36. The number of hydrogen-bond acceptors (Lipinski definition) is 2. The molecular formula is C17H23FN2O. The quantitative estimate of drug-likeness (QED) is 0.862. The van der Waals surface area contributed by atoms with Crippen LogP contribution in [-0.2, 0) is 0 Å². The summed E-state index contributed by atoms with van der Waals surface area (Å²) < 4.78 is 14.3. The van der Waals surface area contributed by atoms with Crippen LogP contribution >= 0.6 is 0 Å². The molecule has 1 amide bonds. The third kappa shape index (κ3) is 2.57. The number of halogens is 1. The molecule has 1 heterocycles. The van der Waals surface area contributed by atoms with Gasteiger partial charge in [0, 0.05) is 19.6 Å². The Labute approximate surface area is 125 Å². The highest BCUT2D eigenvalue weighted by Gasteiger charge is 2.42. The minimum absolute atomic E-state index is 0.107. The van der Waals surface area contributed by atoms with E-state index in [1.165, 1.54) is 6.42 Å². The van der Waals surface area contributed by atoms with Crippen molar-refractivity contribution in [3.05, 3.63) is 35.1 Å². The van der Waals surface area contributed by atoms with Gasteiger partial charge in [0.1, 0.15) is 5.82 Å². The van der Waals surface area contributed by atoms with Gasteiger partial charge in [-0.2, -0.15) is 0 Å². The Balaban J connectivity index is 1.92. The van der Waals surface area contributed by atoms with E-state index in [0.29, 0.717) is 12.1 Å². The fourth-order valence-corrected chi connectivity index (χ4v) is 3.78. The zero-order chi connectivity index (χ0) is 14.9. The Morgan fingerprint density at radius 2 is 2.05 bits per heavy atom. The van der Waals surface area contributed by atoms with Gasteiger partial charge >= 0.3 is 0 Å². The second kappa shape index (κ2) is 5.76. The van der Waals surface area contributed by atoms with Crippen LogP contribution in [0.4, 0.5) is 4.39 Å². The Kier molecular flexibility index (Phi) is 3.98. The summed E-state index contributed by atoms with van der Waals surface area (Å²) >= 11 is 0. The fourth-order valence-electron chi connectivity index (χ4n) is 3.78. The van der Waals surface area contributed by atoms with Gasteiger partial charge in [-0.3, -0.25) is 4.79 Å². The molecule has 114 valence electrons. The van der Waals surface area contributed by atoms with Crippen LogP contribution in [0.5, 0.6) is 0 Å². The Hall–Kier alpha value is -1.42. The third-order valence-corrected chi connectivity index (χ3v) is 4.99. The van der Waals surface area contributed by atoms with Gasteiger partial charge in [0.25, 0.3) is 5.91 Å². The molecule has 1 aliphatic carbocycles. The number of amides is 1. The molecule has 1 N–H and O–H groups in total. The zero-order valence-corrected chi connectivity index (χ0v) is 12.6. The average molecular weight is 290 g/mol. The molecule has 0 bridgehead atoms. The van der Waals surface area contributed by atoms with Crippen LogP contribution in [0.1, 0.15) is 48.0 Å². The lowest BCUT2D eigenvalue weighted by atomic mass is 9.78. The van der Waals surface area contributed by atoms with E-state index >= 15 is 0 Å². The van der Waals surface area contributed by atoms with Crippen molar-refractivity contribution in [2.24, 2.45) is 0 Å². The normalized spacial score (nSPS) is 21.5. The molecule has 1 spiro atoms. The van der Waals surface area contributed by atoms with Crippen molar-refractivity contribution in [2.75, 3.05) is 19.6 Å². The fraction of sp³-hybridized carbons (Fsp3) is 0.588. The number of carbonyl (C=O) groups is 1. The lowest BCUT2D eigenvalue weighted by molar-refractivity contribution is 0.0218. The maximum atomic E-state index is 14.3. The van der Waals surface area contributed by atoms with Gasteiger partial charge in [0.15, 0.2) is 0 Å². The SMILES string of the molecule is Cc1cccc(C(=O)N2CCNCC23CCCCC3)c1F. The van der Waals surface area contributed by atoms with E-state index in [1.54, 1.807) is 25.1 Å². The van der Waals surface area contributed by atoms with Crippen molar-refractivity contribution in [1.82, 2.24) is 10.2 Å². The molecule has 1 aliphatic heterocycles. The molecule has 0 atom stereocenters. The molecule has 2 fully saturated rings. The number of nitrogens with one attached hydrogen (secondary N) is 1. The van der Waals surface area contributed by atoms with Gasteiger partial charge in [-0.25, -0.2) is 4.39 Å². The maximum absolute atomic E-state index is 14.3. The van der Waals surface area contributed by atoms with Gasteiger partial charge in [-0.1, -0.05) is 31.4 Å². The summed E-state index contributed by atoms with van der Waals surface area (Å²) in [6.45, 7) is 4.01. The minimum atomic E-state index is -0.369. The summed E-state index contributed by atoms with van der Waals surface area (Å²) in [6, 6.07) is 5.09. The molecule has 2 aliphatic rings. The summed E-state index contributed by atoms with van der Waals surface area (Å²) in [7, 11) is 0. The predicted octanol–water partition coefficient (Wildman–Crippen LogP) is 2.88. The molecule has 0 radical (unpaired) electrons. The summed E-state index contributed by atoms with van der Waals surface area (Å²) in [5.41, 5.74) is 0.652. The molecule has 0 aromatic heterocycles. The first-order chi connectivity index (χ1) is 10.1. The maximum Gasteiger partial charge on any atom is 0.257 e. The van der Waals surface area contributed by atoms with Crippen LogP contribution in [0.15, 0.2) is 18.2 Å². The Bertz CT molecular complexity index is 529. The van der Waals surface area contributed by atoms with Crippen LogP contribution in [0.2, 0.25) is 0 Å². The smallest absolute Gasteiger partial charge is 0.257 e. The Morgan fingerprint density at radius 1 is 1.29 bits per heavy atom. The van der Waals surface area contributed by atoms with Crippen molar-refractivity contribution in [3.63, 3.8) is 0 Å². The number of carbonyl (C=O) groups excluding carboxylic acids is 1. The van der Waals surface area contributed by atoms with E-state index in [0.717, 1.165) is 38.8 Å². The van der Waals surface area contributed by atoms with Gasteiger partial charge in [0.05, 0.1) is 11.1 Å². The van der Waals surface area contributed by atoms with Crippen LogP contribution in [0.3, 0.4) is 0 Å². The van der Waals surface area contributed by atoms with Gasteiger partial charge in [0.2, 0.25) is 0 Å². The van der Waals surface area contributed by atoms with Crippen molar-refractivity contribution in [2.45, 2.75) is 44.6 Å². The number of rotatable bonds is 1. The largest absolute Gasteiger partial charge is 0.330 e. The lowest BCUT2D eigenvalue weighted by Crippen LogP contribution is -2.63. The van der Waals surface area contributed by atoms with Crippen LogP contribution in [0.25, 0.3) is 0 Å². The third-order valence-electron chi connectivity index (χ3n) is 4.99. The summed E-state index contributed by atoms with van der Waals surface area (Å²) in [4.78, 5) is 14.8. The first kappa shape index (κ1) is 14.5. The topological polar surface area (TPSA) is 32.3 Å². The van der Waals surface area contributed by atoms with E-state index in [2.05, 4.69) is 5.32 Å². The number of hydrogen-bond donors (Lipinski definition) is 1. The van der Waals surface area contributed by atoms with E-state index in [1.807, 2.05) is 4.90 Å². The molecule has 3 nitrogen and oxygen atoms in total. The summed E-state index contributed by atoms with van der Waals surface area (Å²) in [5, 5.41) is 3.42. The highest BCUT2D eigenvalue weighted by Crippen LogP contribution is 2.35. The number of piperazine rings is 1. The van der Waals surface area contributed by atoms with Gasteiger partial charge < -0.3 is 10.2 Å². The molecule has 0 unspecified atom stereocenters. The summed E-state index contributed by atoms with van der Waals surface area (Å²) in [6.07, 6.45) is 5.60. The van der Waals surface area contributed by atoms with E-state index in [9.17, 15) is 9.18 Å². The molecule has 4 heteroatoms. The highest BCUT2D eigenvalue weighted by atomic mass is 19.1. The molecule has 3 rings (SSSR count). The molecule has 1 aromatic rings. The van der Waals surface area contributed by atoms with Crippen molar-refractivity contribution >= 4 is 5.91 Å². The number of benzene rings is 1. The second-order valence-electron chi connectivity index (χ2n) is 6.36. The number of aryl methyl sites for hydroxylation is 1. The molecular weight excluding hydrogens is 267 g/mol. The van der Waals surface area contributed by atoms with Gasteiger partial charge in [-0.15, -0.1) is 0 Å². The van der Waals surface area contributed by atoms with Crippen molar-refractivity contribution in [3.8, 4) is 0 Å². The lowest BCUT2D eigenvalue weighted by Gasteiger charge is -2.49. The zero-order valence-electron chi connectivity index (χ0n) is 12.6. The van der Waals surface area contributed by atoms with Crippen LogP contribution in [-0.4, -0.2) is 36.0 Å². The molecule has 1 aromatic carbocycles. The molecule has 21 heavy (non-hydrogen) atoms. The van der Waals surface area contributed by atoms with Crippen molar-refractivity contribution in [1.29, 1.82) is 0 Å². The van der Waals surface area contributed by atoms with Crippen LogP contribution in [0, 0.1) is 12.7 Å². The van der Waals surface area contributed by atoms with Crippen molar-refractivity contribution < 1.29 is 9.18 Å². The van der Waals surface area contributed by atoms with E-state index in [4.69, 9.17) is 0 Å². The molecule has 1 saturated heterocycles. The van der Waals surface area contributed by atoms with Gasteiger partial charge in [-0.05, 0) is 31.4 Å². The first-order valence-corrected chi connectivity index (χ1v) is 7.92.